The van der Waals surface area contributed by atoms with Crippen LogP contribution in [0.15, 0.2) is 65.6 Å². The second-order valence-corrected chi connectivity index (χ2v) is 13.3. The van der Waals surface area contributed by atoms with Gasteiger partial charge in [0.25, 0.3) is 0 Å². The molecule has 1 unspecified atom stereocenters. The van der Waals surface area contributed by atoms with Gasteiger partial charge in [0.2, 0.25) is 15.9 Å². The molecule has 1 aromatic heterocycles. The van der Waals surface area contributed by atoms with Crippen LogP contribution in [-0.2, 0) is 14.8 Å². The number of carbonyl (C=O) groups excluding carboxylic acids is 2. The number of benzene rings is 2. The highest BCUT2D eigenvalue weighted by molar-refractivity contribution is 7.89. The molecular formula is C30H32N2O6S2. The third-order valence-electron chi connectivity index (χ3n) is 7.86. The first kappa shape index (κ1) is 28.2. The molecule has 2 aliphatic rings. The van der Waals surface area contributed by atoms with E-state index >= 15 is 0 Å². The Labute approximate surface area is 238 Å². The molecule has 1 aliphatic carbocycles. The maximum absolute atomic E-state index is 13.8. The van der Waals surface area contributed by atoms with Crippen molar-refractivity contribution in [3.05, 3.63) is 71.1 Å². The van der Waals surface area contributed by atoms with Gasteiger partial charge in [0.15, 0.2) is 5.78 Å². The monoisotopic (exact) mass is 580 g/mol. The van der Waals surface area contributed by atoms with Crippen LogP contribution in [0.5, 0.6) is 0 Å². The number of carboxylic acid groups (broad SMARTS) is 1. The minimum atomic E-state index is -4.02. The van der Waals surface area contributed by atoms with Crippen molar-refractivity contribution in [2.24, 2.45) is 5.92 Å². The molecule has 5 rings (SSSR count). The van der Waals surface area contributed by atoms with Crippen LogP contribution in [0.25, 0.3) is 10.4 Å². The van der Waals surface area contributed by atoms with E-state index in [0.717, 1.165) is 53.9 Å². The van der Waals surface area contributed by atoms with Crippen LogP contribution in [0.2, 0.25) is 0 Å². The van der Waals surface area contributed by atoms with Gasteiger partial charge in [0, 0.05) is 23.4 Å². The Morgan fingerprint density at radius 3 is 2.30 bits per heavy atom. The molecule has 10 heteroatoms. The minimum Gasteiger partial charge on any atom is -0.477 e. The van der Waals surface area contributed by atoms with Gasteiger partial charge in [-0.25, -0.2) is 13.2 Å². The van der Waals surface area contributed by atoms with Crippen LogP contribution in [0.3, 0.4) is 0 Å². The average molecular weight is 581 g/mol. The van der Waals surface area contributed by atoms with E-state index in [0.29, 0.717) is 17.7 Å². The summed E-state index contributed by atoms with van der Waals surface area (Å²) in [5, 5.41) is 10.1. The number of aromatic carboxylic acids is 1. The molecule has 1 saturated carbocycles. The number of anilines is 1. The van der Waals surface area contributed by atoms with E-state index in [1.54, 1.807) is 17.9 Å². The zero-order valence-electron chi connectivity index (χ0n) is 22.3. The lowest BCUT2D eigenvalue weighted by Gasteiger charge is -2.44. The lowest BCUT2D eigenvalue weighted by Crippen LogP contribution is -2.60. The average Bonchev–Trinajstić information content (AvgIpc) is 3.43. The van der Waals surface area contributed by atoms with Crippen LogP contribution >= 0.6 is 11.3 Å². The van der Waals surface area contributed by atoms with Crippen molar-refractivity contribution in [3.8, 4) is 10.4 Å². The maximum atomic E-state index is 13.8. The normalized spacial score (nSPS) is 19.1. The largest absolute Gasteiger partial charge is 0.477 e. The van der Waals surface area contributed by atoms with Crippen molar-refractivity contribution >= 4 is 44.7 Å². The molecule has 0 radical (unpaired) electrons. The predicted octanol–water partition coefficient (Wildman–Crippen LogP) is 5.69. The Hall–Kier alpha value is -3.34. The smallest absolute Gasteiger partial charge is 0.348 e. The maximum Gasteiger partial charge on any atom is 0.348 e. The van der Waals surface area contributed by atoms with Gasteiger partial charge in [-0.15, -0.1) is 11.3 Å². The van der Waals surface area contributed by atoms with Crippen molar-refractivity contribution in [2.45, 2.75) is 56.4 Å². The number of piperazine rings is 1. The summed E-state index contributed by atoms with van der Waals surface area (Å²) in [6, 6.07) is 16.5. The molecule has 8 nitrogen and oxygen atoms in total. The van der Waals surface area contributed by atoms with Crippen molar-refractivity contribution in [1.29, 1.82) is 0 Å². The molecule has 3 aromatic rings. The van der Waals surface area contributed by atoms with Gasteiger partial charge in [-0.1, -0.05) is 68.7 Å². The molecule has 2 fully saturated rings. The molecule has 1 saturated heterocycles. The lowest BCUT2D eigenvalue weighted by atomic mass is 9.82. The van der Waals surface area contributed by atoms with Gasteiger partial charge < -0.3 is 10.0 Å². The van der Waals surface area contributed by atoms with Crippen molar-refractivity contribution in [1.82, 2.24) is 4.31 Å². The van der Waals surface area contributed by atoms with Gasteiger partial charge in [-0.3, -0.25) is 9.59 Å². The SMILES string of the molecule is CCC(=O)c1ccc(S(=O)(=O)N2CC(=O)N(c3cc(-c4ccccc4)sc3C(=O)O)C(C3CCCCC3)C2)cc1. The highest BCUT2D eigenvalue weighted by Gasteiger charge is 2.44. The van der Waals surface area contributed by atoms with Crippen molar-refractivity contribution < 1.29 is 27.9 Å². The summed E-state index contributed by atoms with van der Waals surface area (Å²) in [5.41, 5.74) is 1.63. The number of sulfonamides is 1. The summed E-state index contributed by atoms with van der Waals surface area (Å²) in [7, 11) is -4.02. The first-order chi connectivity index (χ1) is 19.2. The second-order valence-electron chi connectivity index (χ2n) is 10.3. The van der Waals surface area contributed by atoms with E-state index in [4.69, 9.17) is 0 Å². The van der Waals surface area contributed by atoms with Gasteiger partial charge >= 0.3 is 5.97 Å². The topological polar surface area (TPSA) is 112 Å². The van der Waals surface area contributed by atoms with Gasteiger partial charge in [-0.05, 0) is 42.5 Å². The fourth-order valence-corrected chi connectivity index (χ4v) is 8.17. The summed E-state index contributed by atoms with van der Waals surface area (Å²) in [6.07, 6.45) is 5.04. The predicted molar refractivity (Wildman–Crippen MR) is 154 cm³/mol. The van der Waals surface area contributed by atoms with E-state index in [1.165, 1.54) is 28.6 Å². The fourth-order valence-electron chi connectivity index (χ4n) is 5.77. The summed E-state index contributed by atoms with van der Waals surface area (Å²) in [5.74, 6) is -1.59. The molecule has 1 atom stereocenters. The molecule has 40 heavy (non-hydrogen) atoms. The molecule has 1 N–H and O–H groups in total. The number of thiophene rings is 1. The van der Waals surface area contributed by atoms with E-state index < -0.39 is 34.5 Å². The van der Waals surface area contributed by atoms with Crippen LogP contribution < -0.4 is 4.90 Å². The van der Waals surface area contributed by atoms with Crippen molar-refractivity contribution in [2.75, 3.05) is 18.0 Å². The molecule has 0 bridgehead atoms. The van der Waals surface area contributed by atoms with Gasteiger partial charge in [0.05, 0.1) is 23.2 Å². The second kappa shape index (κ2) is 11.6. The number of Topliss-reactive ketones (excluding diaryl/α,β-unsaturated/α-hetero) is 1. The molecule has 210 valence electrons. The molecule has 1 aliphatic heterocycles. The summed E-state index contributed by atoms with van der Waals surface area (Å²) in [4.78, 5) is 40.6. The number of hydrogen-bond donors (Lipinski definition) is 1. The zero-order chi connectivity index (χ0) is 28.4. The molecule has 2 aromatic carbocycles. The third-order valence-corrected chi connectivity index (χ3v) is 10.8. The Balaban J connectivity index is 1.52. The first-order valence-corrected chi connectivity index (χ1v) is 15.8. The highest BCUT2D eigenvalue weighted by Crippen LogP contribution is 2.42. The van der Waals surface area contributed by atoms with Crippen LogP contribution in [-0.4, -0.2) is 54.6 Å². The fraction of sp³-hybridized carbons (Fsp3) is 0.367. The molecular weight excluding hydrogens is 548 g/mol. The third kappa shape index (κ3) is 5.48. The quantitative estimate of drug-likeness (QED) is 0.343. The summed E-state index contributed by atoms with van der Waals surface area (Å²) >= 11 is 1.12. The Kier molecular flexibility index (Phi) is 8.21. The number of amides is 1. The van der Waals surface area contributed by atoms with E-state index in [9.17, 15) is 27.9 Å². The summed E-state index contributed by atoms with van der Waals surface area (Å²) < 4.78 is 28.6. The number of carbonyl (C=O) groups is 3. The zero-order valence-corrected chi connectivity index (χ0v) is 23.9. The number of ketones is 1. The van der Waals surface area contributed by atoms with Crippen LogP contribution in [0, 0.1) is 5.92 Å². The van der Waals surface area contributed by atoms with E-state index in [-0.39, 0.29) is 28.0 Å². The Morgan fingerprint density at radius 1 is 1.00 bits per heavy atom. The minimum absolute atomic E-state index is 0.0249. The molecule has 2 heterocycles. The van der Waals surface area contributed by atoms with Gasteiger partial charge in [-0.2, -0.15) is 4.31 Å². The number of carboxylic acids is 1. The summed E-state index contributed by atoms with van der Waals surface area (Å²) in [6.45, 7) is 1.43. The Bertz CT molecular complexity index is 1510. The molecule has 0 spiro atoms. The van der Waals surface area contributed by atoms with Crippen LogP contribution in [0.4, 0.5) is 5.69 Å². The number of hydrogen-bond acceptors (Lipinski definition) is 6. The number of nitrogens with zero attached hydrogens (tertiary/aromatic N) is 2. The van der Waals surface area contributed by atoms with E-state index in [1.807, 2.05) is 30.3 Å². The van der Waals surface area contributed by atoms with Crippen LogP contribution in [0.1, 0.15) is 65.5 Å². The van der Waals surface area contributed by atoms with Crippen molar-refractivity contribution in [3.63, 3.8) is 0 Å². The Morgan fingerprint density at radius 2 is 1.68 bits per heavy atom. The van der Waals surface area contributed by atoms with Gasteiger partial charge in [0.1, 0.15) is 4.88 Å². The molecule has 1 amide bonds. The lowest BCUT2D eigenvalue weighted by molar-refractivity contribution is -0.121. The van der Waals surface area contributed by atoms with E-state index in [2.05, 4.69) is 0 Å². The first-order valence-electron chi connectivity index (χ1n) is 13.6. The standard InChI is InChI=1S/C30H32N2O6S2/c1-2-26(33)21-13-15-23(16-14-21)40(37,38)31-18-25(20-9-5-3-6-10-20)32(28(34)19-31)24-17-27(39-29(24)30(35)36)22-11-7-4-8-12-22/h4,7-8,11-17,20,25H,2-3,5-6,9-10,18-19H2,1H3,(H,35,36). The highest BCUT2D eigenvalue weighted by atomic mass is 32.2. The number of rotatable bonds is 8.